The SMILES string of the molecule is CCOC(=O)C1=C(CN2CCN3C(=O)N(c4cccc(C(=O)O)c4)CC3C2)NC(c2nccs2)=NC1c1cccc(F)c1Cl. The van der Waals surface area contributed by atoms with Gasteiger partial charge >= 0.3 is 18.0 Å². The van der Waals surface area contributed by atoms with Crippen LogP contribution in [0.25, 0.3) is 0 Å². The van der Waals surface area contributed by atoms with Crippen LogP contribution in [0.4, 0.5) is 14.9 Å². The molecule has 14 heteroatoms. The third-order valence-electron chi connectivity index (χ3n) is 7.76. The fourth-order valence-electron chi connectivity index (χ4n) is 5.74. The van der Waals surface area contributed by atoms with Crippen LogP contribution >= 0.6 is 22.9 Å². The number of rotatable bonds is 8. The number of aliphatic imine (C=N–C) groups is 1. The van der Waals surface area contributed by atoms with Crippen molar-refractivity contribution >= 4 is 52.4 Å². The minimum atomic E-state index is -1.06. The van der Waals surface area contributed by atoms with Gasteiger partial charge < -0.3 is 20.1 Å². The molecule has 1 aromatic heterocycles. The summed E-state index contributed by atoms with van der Waals surface area (Å²) in [5, 5.41) is 15.0. The molecule has 4 heterocycles. The molecule has 0 saturated carbocycles. The second-order valence-electron chi connectivity index (χ2n) is 10.4. The first-order valence-electron chi connectivity index (χ1n) is 14.0. The molecule has 3 aromatic rings. The number of ether oxygens (including phenoxy) is 1. The molecule has 6 rings (SSSR count). The standard InChI is InChI=1S/C30H28ClFN6O5S/c1-2-43-29(41)23-22(34-26(27-33-9-12-44-27)35-25(23)20-7-4-8-21(32)24(20)31)16-36-10-11-37-19(14-36)15-38(30(37)42)18-6-3-5-17(13-18)28(39)40/h3-9,12-13,19,25H,2,10-11,14-16H2,1H3,(H,34,35)(H,39,40). The van der Waals surface area contributed by atoms with Crippen molar-refractivity contribution in [2.45, 2.75) is 19.0 Å². The average Bonchev–Trinajstić information content (AvgIpc) is 3.67. The molecule has 0 spiro atoms. The largest absolute Gasteiger partial charge is 0.478 e. The van der Waals surface area contributed by atoms with Gasteiger partial charge in [-0.1, -0.05) is 29.8 Å². The van der Waals surface area contributed by atoms with E-state index in [1.807, 2.05) is 5.38 Å². The van der Waals surface area contributed by atoms with Crippen LogP contribution in [0.5, 0.6) is 0 Å². The Kier molecular flexibility index (Phi) is 8.34. The first-order valence-corrected chi connectivity index (χ1v) is 15.2. The summed E-state index contributed by atoms with van der Waals surface area (Å²) < 4.78 is 20.1. The van der Waals surface area contributed by atoms with Crippen molar-refractivity contribution in [1.29, 1.82) is 0 Å². The summed E-state index contributed by atoms with van der Waals surface area (Å²) in [6, 6.07) is 9.44. The zero-order chi connectivity index (χ0) is 31.0. The lowest BCUT2D eigenvalue weighted by Crippen LogP contribution is -2.53. The van der Waals surface area contributed by atoms with Gasteiger partial charge in [0, 0.05) is 61.2 Å². The van der Waals surface area contributed by atoms with Crippen LogP contribution in [0, 0.1) is 5.82 Å². The summed E-state index contributed by atoms with van der Waals surface area (Å²) in [6.45, 7) is 3.95. The number of esters is 1. The Bertz CT molecular complexity index is 1680. The van der Waals surface area contributed by atoms with Gasteiger partial charge in [-0.15, -0.1) is 11.3 Å². The number of carbonyl (C=O) groups is 3. The van der Waals surface area contributed by atoms with Gasteiger partial charge in [0.25, 0.3) is 0 Å². The second-order valence-corrected chi connectivity index (χ2v) is 11.7. The van der Waals surface area contributed by atoms with Crippen molar-refractivity contribution in [2.24, 2.45) is 4.99 Å². The van der Waals surface area contributed by atoms with E-state index in [0.717, 1.165) is 0 Å². The molecule has 2 atom stereocenters. The number of nitrogens with zero attached hydrogens (tertiary/aromatic N) is 5. The number of benzene rings is 2. The van der Waals surface area contributed by atoms with E-state index in [2.05, 4.69) is 15.2 Å². The topological polar surface area (TPSA) is 128 Å². The minimum absolute atomic E-state index is 0.106. The predicted molar refractivity (Wildman–Crippen MR) is 163 cm³/mol. The maximum Gasteiger partial charge on any atom is 0.338 e. The highest BCUT2D eigenvalue weighted by molar-refractivity contribution is 7.11. The molecule has 2 amide bonds. The first kappa shape index (κ1) is 29.7. The van der Waals surface area contributed by atoms with Gasteiger partial charge in [0.05, 0.1) is 28.8 Å². The van der Waals surface area contributed by atoms with Crippen molar-refractivity contribution in [3.05, 3.63) is 92.3 Å². The number of urea groups is 1. The molecule has 3 aliphatic heterocycles. The van der Waals surface area contributed by atoms with Crippen LogP contribution in [-0.2, 0) is 9.53 Å². The van der Waals surface area contributed by atoms with Crippen LogP contribution in [0.1, 0.15) is 33.9 Å². The van der Waals surface area contributed by atoms with Crippen LogP contribution in [-0.4, -0.2) is 89.1 Å². The normalized spacial score (nSPS) is 20.3. The number of piperazine rings is 1. The molecule has 11 nitrogen and oxygen atoms in total. The van der Waals surface area contributed by atoms with Gasteiger partial charge in [0.1, 0.15) is 11.9 Å². The van der Waals surface area contributed by atoms with Crippen molar-refractivity contribution in [3.8, 4) is 0 Å². The second kappa shape index (κ2) is 12.3. The lowest BCUT2D eigenvalue weighted by Gasteiger charge is -2.38. The number of halogens is 2. The van der Waals surface area contributed by atoms with Crippen LogP contribution in [0.3, 0.4) is 0 Å². The number of hydrogen-bond acceptors (Lipinski definition) is 9. The highest BCUT2D eigenvalue weighted by atomic mass is 35.5. The highest BCUT2D eigenvalue weighted by Gasteiger charge is 2.42. The summed E-state index contributed by atoms with van der Waals surface area (Å²) in [4.78, 5) is 52.9. The molecule has 0 aliphatic carbocycles. The number of amides is 2. The Morgan fingerprint density at radius 2 is 2.02 bits per heavy atom. The van der Waals surface area contributed by atoms with Gasteiger partial charge in [-0.25, -0.2) is 23.8 Å². The Hall–Kier alpha value is -4.33. The van der Waals surface area contributed by atoms with Gasteiger partial charge in [-0.3, -0.25) is 14.8 Å². The predicted octanol–water partition coefficient (Wildman–Crippen LogP) is 4.17. The van der Waals surface area contributed by atoms with Gasteiger partial charge in [-0.05, 0) is 31.2 Å². The summed E-state index contributed by atoms with van der Waals surface area (Å²) in [5.41, 5.74) is 1.70. The van der Waals surface area contributed by atoms with Crippen LogP contribution in [0.15, 0.2) is 70.3 Å². The van der Waals surface area contributed by atoms with E-state index in [1.54, 1.807) is 41.1 Å². The van der Waals surface area contributed by atoms with E-state index >= 15 is 0 Å². The first-order chi connectivity index (χ1) is 21.2. The molecule has 0 radical (unpaired) electrons. The highest BCUT2D eigenvalue weighted by Crippen LogP contribution is 2.38. The third-order valence-corrected chi connectivity index (χ3v) is 8.93. The lowest BCUT2D eigenvalue weighted by molar-refractivity contribution is -0.139. The van der Waals surface area contributed by atoms with Gasteiger partial charge in [-0.2, -0.15) is 0 Å². The zero-order valence-corrected chi connectivity index (χ0v) is 25.1. The number of thiazole rings is 1. The maximum atomic E-state index is 14.6. The van der Waals surface area contributed by atoms with Crippen molar-refractivity contribution in [2.75, 3.05) is 44.2 Å². The monoisotopic (exact) mass is 638 g/mol. The molecule has 0 bridgehead atoms. The molecular formula is C30H28ClFN6O5S. The van der Waals surface area contributed by atoms with Gasteiger partial charge in [0.2, 0.25) is 0 Å². The molecular weight excluding hydrogens is 611 g/mol. The molecule has 3 aliphatic rings. The number of carbonyl (C=O) groups excluding carboxylic acids is 2. The number of amidine groups is 1. The average molecular weight is 639 g/mol. The quantitative estimate of drug-likeness (QED) is 0.352. The number of nitrogens with one attached hydrogen (secondary N) is 1. The van der Waals surface area contributed by atoms with Crippen molar-refractivity contribution in [3.63, 3.8) is 0 Å². The number of carboxylic acids is 1. The Balaban J connectivity index is 1.31. The minimum Gasteiger partial charge on any atom is -0.478 e. The summed E-state index contributed by atoms with van der Waals surface area (Å²) in [5.74, 6) is -1.86. The Morgan fingerprint density at radius 1 is 1.20 bits per heavy atom. The molecule has 228 valence electrons. The van der Waals surface area contributed by atoms with Crippen LogP contribution < -0.4 is 10.2 Å². The van der Waals surface area contributed by atoms with E-state index < -0.39 is 23.8 Å². The number of hydrogen-bond donors (Lipinski definition) is 2. The molecule has 2 fully saturated rings. The fourth-order valence-corrected chi connectivity index (χ4v) is 6.55. The van der Waals surface area contributed by atoms with E-state index in [0.29, 0.717) is 54.0 Å². The maximum absolute atomic E-state index is 14.6. The van der Waals surface area contributed by atoms with Crippen molar-refractivity contribution in [1.82, 2.24) is 20.1 Å². The number of fused-ring (bicyclic) bond motifs is 1. The molecule has 2 N–H and O–H groups in total. The van der Waals surface area contributed by atoms with E-state index in [-0.39, 0.29) is 41.4 Å². The van der Waals surface area contributed by atoms with Gasteiger partial charge in [0.15, 0.2) is 10.8 Å². The fraction of sp³-hybridized carbons (Fsp3) is 0.300. The lowest BCUT2D eigenvalue weighted by atomic mass is 9.95. The van der Waals surface area contributed by atoms with Crippen molar-refractivity contribution < 1.29 is 28.6 Å². The summed E-state index contributed by atoms with van der Waals surface area (Å²) in [7, 11) is 0. The Labute approximate surface area is 261 Å². The smallest absolute Gasteiger partial charge is 0.338 e. The van der Waals surface area contributed by atoms with E-state index in [9.17, 15) is 23.9 Å². The molecule has 2 saturated heterocycles. The van der Waals surface area contributed by atoms with E-state index in [4.69, 9.17) is 21.3 Å². The third kappa shape index (κ3) is 5.65. The molecule has 2 aromatic carbocycles. The summed E-state index contributed by atoms with van der Waals surface area (Å²) >= 11 is 7.78. The number of anilines is 1. The summed E-state index contributed by atoms with van der Waals surface area (Å²) in [6.07, 6.45) is 1.65. The molecule has 44 heavy (non-hydrogen) atoms. The van der Waals surface area contributed by atoms with E-state index in [1.165, 1.54) is 35.6 Å². The number of carboxylic acid groups (broad SMARTS) is 1. The number of aromatic carboxylic acids is 1. The number of aromatic nitrogens is 1. The molecule has 2 unspecified atom stereocenters. The Morgan fingerprint density at radius 3 is 2.77 bits per heavy atom. The zero-order valence-electron chi connectivity index (χ0n) is 23.6. The van der Waals surface area contributed by atoms with Crippen LogP contribution in [0.2, 0.25) is 5.02 Å².